The van der Waals surface area contributed by atoms with Crippen LogP contribution in [0.4, 0.5) is 0 Å². The first-order chi connectivity index (χ1) is 9.66. The molecule has 0 aliphatic heterocycles. The summed E-state index contributed by atoms with van der Waals surface area (Å²) in [6.07, 6.45) is 3.39. The second-order valence-corrected chi connectivity index (χ2v) is 4.61. The molecule has 3 aromatic heterocycles. The van der Waals surface area contributed by atoms with E-state index in [1.54, 1.807) is 18.5 Å². The zero-order valence-corrected chi connectivity index (χ0v) is 11.3. The molecule has 0 aromatic carbocycles. The van der Waals surface area contributed by atoms with E-state index >= 15 is 0 Å². The van der Waals surface area contributed by atoms with E-state index in [1.165, 1.54) is 4.68 Å². The van der Waals surface area contributed by atoms with Crippen molar-refractivity contribution in [2.24, 2.45) is 0 Å². The van der Waals surface area contributed by atoms with Crippen molar-refractivity contribution < 1.29 is 5.11 Å². The van der Waals surface area contributed by atoms with Crippen LogP contribution in [0.2, 0.25) is 0 Å². The number of hydrogen-bond donors (Lipinski definition) is 1. The van der Waals surface area contributed by atoms with E-state index in [-0.39, 0.29) is 5.88 Å². The Bertz CT molecular complexity index is 764. The van der Waals surface area contributed by atoms with Gasteiger partial charge in [-0.1, -0.05) is 12.1 Å². The molecule has 3 heterocycles. The summed E-state index contributed by atoms with van der Waals surface area (Å²) in [6.45, 7) is 3.89. The van der Waals surface area contributed by atoms with Crippen molar-refractivity contribution in [3.63, 3.8) is 0 Å². The molecule has 0 bridgehead atoms. The molecule has 0 saturated heterocycles. The Morgan fingerprint density at radius 2 is 1.70 bits per heavy atom. The maximum absolute atomic E-state index is 10.1. The van der Waals surface area contributed by atoms with E-state index in [1.807, 2.05) is 38.1 Å². The fourth-order valence-electron chi connectivity index (χ4n) is 2.10. The van der Waals surface area contributed by atoms with Gasteiger partial charge in [-0.2, -0.15) is 9.78 Å². The SMILES string of the molecule is Cc1cccnc1-c1cc(O)n(-c2ncccc2C)n1. The van der Waals surface area contributed by atoms with E-state index in [4.69, 9.17) is 0 Å². The lowest BCUT2D eigenvalue weighted by Crippen LogP contribution is -2.01. The second kappa shape index (κ2) is 4.77. The Labute approximate surface area is 116 Å². The highest BCUT2D eigenvalue weighted by Gasteiger charge is 2.14. The molecule has 3 aromatic rings. The summed E-state index contributed by atoms with van der Waals surface area (Å²) in [5, 5.41) is 14.5. The topological polar surface area (TPSA) is 63.8 Å². The number of aromatic nitrogens is 4. The van der Waals surface area contributed by atoms with Gasteiger partial charge in [0.05, 0.1) is 5.69 Å². The van der Waals surface area contributed by atoms with Gasteiger partial charge in [0, 0.05) is 18.5 Å². The first kappa shape index (κ1) is 12.3. The molecule has 3 rings (SSSR count). The van der Waals surface area contributed by atoms with Gasteiger partial charge < -0.3 is 5.11 Å². The zero-order chi connectivity index (χ0) is 14.1. The van der Waals surface area contributed by atoms with Crippen molar-refractivity contribution in [3.05, 3.63) is 53.9 Å². The van der Waals surface area contributed by atoms with Crippen LogP contribution in [0.1, 0.15) is 11.1 Å². The third kappa shape index (κ3) is 2.03. The van der Waals surface area contributed by atoms with Crippen LogP contribution in [0.5, 0.6) is 5.88 Å². The Morgan fingerprint density at radius 3 is 2.40 bits per heavy atom. The fourth-order valence-corrected chi connectivity index (χ4v) is 2.10. The molecule has 100 valence electrons. The molecular formula is C15H14N4O. The van der Waals surface area contributed by atoms with E-state index in [0.717, 1.165) is 16.8 Å². The van der Waals surface area contributed by atoms with Gasteiger partial charge in [-0.3, -0.25) is 4.98 Å². The smallest absolute Gasteiger partial charge is 0.216 e. The highest BCUT2D eigenvalue weighted by atomic mass is 16.3. The number of pyridine rings is 2. The minimum atomic E-state index is 0.0480. The van der Waals surface area contributed by atoms with Crippen molar-refractivity contribution in [1.82, 2.24) is 19.7 Å². The molecule has 0 radical (unpaired) electrons. The van der Waals surface area contributed by atoms with Crippen LogP contribution in [-0.4, -0.2) is 24.9 Å². The summed E-state index contributed by atoms with van der Waals surface area (Å²) in [7, 11) is 0. The van der Waals surface area contributed by atoms with E-state index < -0.39 is 0 Å². The first-order valence-corrected chi connectivity index (χ1v) is 6.30. The Balaban J connectivity index is 2.13. The van der Waals surface area contributed by atoms with Gasteiger partial charge in [0.25, 0.3) is 0 Å². The molecule has 0 aliphatic carbocycles. The molecule has 0 atom stereocenters. The van der Waals surface area contributed by atoms with Crippen molar-refractivity contribution in [2.75, 3.05) is 0 Å². The lowest BCUT2D eigenvalue weighted by molar-refractivity contribution is 0.431. The van der Waals surface area contributed by atoms with Gasteiger partial charge in [0.2, 0.25) is 5.88 Å². The molecule has 0 saturated carbocycles. The molecule has 0 fully saturated rings. The van der Waals surface area contributed by atoms with E-state index in [9.17, 15) is 5.11 Å². The second-order valence-electron chi connectivity index (χ2n) is 4.61. The maximum Gasteiger partial charge on any atom is 0.216 e. The highest BCUT2D eigenvalue weighted by molar-refractivity contribution is 5.60. The number of rotatable bonds is 2. The third-order valence-corrected chi connectivity index (χ3v) is 3.13. The standard InChI is InChI=1S/C15H14N4O/c1-10-5-3-7-16-14(10)12-9-13(20)19(18-12)15-11(2)6-4-8-17-15/h3-9,20H,1-2H3. The van der Waals surface area contributed by atoms with Crippen LogP contribution in [0, 0.1) is 13.8 Å². The molecule has 20 heavy (non-hydrogen) atoms. The Morgan fingerprint density at radius 1 is 1.00 bits per heavy atom. The van der Waals surface area contributed by atoms with Gasteiger partial charge in [0.1, 0.15) is 5.69 Å². The number of aromatic hydroxyl groups is 1. The predicted molar refractivity (Wildman–Crippen MR) is 75.7 cm³/mol. The molecule has 5 nitrogen and oxygen atoms in total. The van der Waals surface area contributed by atoms with Gasteiger partial charge >= 0.3 is 0 Å². The quantitative estimate of drug-likeness (QED) is 0.774. The van der Waals surface area contributed by atoms with Crippen molar-refractivity contribution in [1.29, 1.82) is 0 Å². The highest BCUT2D eigenvalue weighted by Crippen LogP contribution is 2.26. The van der Waals surface area contributed by atoms with Crippen LogP contribution in [-0.2, 0) is 0 Å². The summed E-state index contributed by atoms with van der Waals surface area (Å²) < 4.78 is 1.43. The minimum Gasteiger partial charge on any atom is -0.493 e. The lowest BCUT2D eigenvalue weighted by atomic mass is 10.2. The van der Waals surface area contributed by atoms with Crippen LogP contribution in [0.3, 0.4) is 0 Å². The molecule has 0 unspecified atom stereocenters. The molecule has 0 amide bonds. The molecular weight excluding hydrogens is 252 g/mol. The summed E-state index contributed by atoms with van der Waals surface area (Å²) in [5.41, 5.74) is 3.34. The molecule has 0 aliphatic rings. The van der Waals surface area contributed by atoms with Gasteiger partial charge in [-0.15, -0.1) is 0 Å². The van der Waals surface area contributed by atoms with Crippen molar-refractivity contribution in [2.45, 2.75) is 13.8 Å². The average Bonchev–Trinajstić information content (AvgIpc) is 2.81. The molecule has 5 heteroatoms. The molecule has 0 spiro atoms. The monoisotopic (exact) mass is 266 g/mol. The zero-order valence-electron chi connectivity index (χ0n) is 11.3. The van der Waals surface area contributed by atoms with E-state index in [2.05, 4.69) is 15.1 Å². The van der Waals surface area contributed by atoms with Crippen LogP contribution in [0.25, 0.3) is 17.2 Å². The number of hydrogen-bond acceptors (Lipinski definition) is 4. The van der Waals surface area contributed by atoms with Gasteiger partial charge in [-0.25, -0.2) is 4.98 Å². The molecule has 1 N–H and O–H groups in total. The van der Waals surface area contributed by atoms with Crippen LogP contribution in [0.15, 0.2) is 42.7 Å². The Kier molecular flexibility index (Phi) is 2.95. The van der Waals surface area contributed by atoms with Crippen molar-refractivity contribution >= 4 is 0 Å². The minimum absolute atomic E-state index is 0.0480. The predicted octanol–water partition coefficient (Wildman–Crippen LogP) is 2.65. The van der Waals surface area contributed by atoms with Crippen LogP contribution >= 0.6 is 0 Å². The third-order valence-electron chi connectivity index (χ3n) is 3.13. The summed E-state index contributed by atoms with van der Waals surface area (Å²) >= 11 is 0. The lowest BCUT2D eigenvalue weighted by Gasteiger charge is -2.04. The van der Waals surface area contributed by atoms with Gasteiger partial charge in [-0.05, 0) is 37.1 Å². The largest absolute Gasteiger partial charge is 0.493 e. The van der Waals surface area contributed by atoms with Crippen molar-refractivity contribution in [3.8, 4) is 23.1 Å². The number of aryl methyl sites for hydroxylation is 2. The van der Waals surface area contributed by atoms with E-state index in [0.29, 0.717) is 11.5 Å². The first-order valence-electron chi connectivity index (χ1n) is 6.30. The normalized spacial score (nSPS) is 10.7. The maximum atomic E-state index is 10.1. The number of nitrogens with zero attached hydrogens (tertiary/aromatic N) is 4. The summed E-state index contributed by atoms with van der Waals surface area (Å²) in [6, 6.07) is 9.21. The average molecular weight is 266 g/mol. The van der Waals surface area contributed by atoms with Gasteiger partial charge in [0.15, 0.2) is 5.82 Å². The Hall–Kier alpha value is -2.69. The van der Waals surface area contributed by atoms with Crippen LogP contribution < -0.4 is 0 Å². The summed E-state index contributed by atoms with van der Waals surface area (Å²) in [4.78, 5) is 8.57. The summed E-state index contributed by atoms with van der Waals surface area (Å²) in [5.74, 6) is 0.664. The fraction of sp³-hybridized carbons (Fsp3) is 0.133.